The second kappa shape index (κ2) is 8.27. The van der Waals surface area contributed by atoms with Gasteiger partial charge in [0.2, 0.25) is 0 Å². The first-order chi connectivity index (χ1) is 13.4. The lowest BCUT2D eigenvalue weighted by Crippen LogP contribution is -2.29. The molecule has 1 atom stereocenters. The molecule has 0 aliphatic heterocycles. The summed E-state index contributed by atoms with van der Waals surface area (Å²) in [7, 11) is 0. The second-order valence-corrected chi connectivity index (χ2v) is 7.26. The van der Waals surface area contributed by atoms with Crippen molar-refractivity contribution in [2.24, 2.45) is 0 Å². The fourth-order valence-electron chi connectivity index (χ4n) is 2.48. The summed E-state index contributed by atoms with van der Waals surface area (Å²) in [6, 6.07) is 10.1. The molecule has 0 saturated carbocycles. The van der Waals surface area contributed by atoms with Crippen molar-refractivity contribution in [1.82, 2.24) is 30.0 Å². The second-order valence-electron chi connectivity index (χ2n) is 6.45. The number of carbonyl (C=O) groups excluding carboxylic acids is 1. The van der Waals surface area contributed by atoms with Crippen LogP contribution in [0.15, 0.2) is 41.1 Å². The van der Waals surface area contributed by atoms with Gasteiger partial charge in [0, 0.05) is 12.1 Å². The number of halogens is 1. The zero-order valence-electron chi connectivity index (χ0n) is 15.6. The Kier molecular flexibility index (Phi) is 5.80. The molecule has 0 radical (unpaired) electrons. The van der Waals surface area contributed by atoms with Crippen LogP contribution in [0.5, 0.6) is 0 Å². The van der Waals surface area contributed by atoms with Gasteiger partial charge in [0.25, 0.3) is 5.91 Å². The van der Waals surface area contributed by atoms with Crippen LogP contribution in [-0.2, 0) is 0 Å². The Balaban J connectivity index is 1.93. The molecule has 142 valence electrons. The Morgan fingerprint density at radius 3 is 2.61 bits per heavy atom. The number of carbonyl (C=O) groups is 1. The number of pyridine rings is 2. The van der Waals surface area contributed by atoms with Crippen molar-refractivity contribution >= 4 is 21.8 Å². The molecule has 3 rings (SSSR count). The first-order valence-electron chi connectivity index (χ1n) is 8.66. The number of nitrogens with zero attached hydrogens (tertiary/aromatic N) is 6. The molecule has 28 heavy (non-hydrogen) atoms. The van der Waals surface area contributed by atoms with Crippen LogP contribution in [0.1, 0.15) is 60.4 Å². The Morgan fingerprint density at radius 2 is 2.00 bits per heavy atom. The molecule has 1 N–H and O–H groups in total. The van der Waals surface area contributed by atoms with Gasteiger partial charge in [0.1, 0.15) is 16.4 Å². The molecular weight excluding hydrogens is 422 g/mol. The molecule has 3 aromatic heterocycles. The summed E-state index contributed by atoms with van der Waals surface area (Å²) >= 11 is 3.27. The van der Waals surface area contributed by atoms with Gasteiger partial charge in [-0.15, -0.1) is 5.10 Å². The fraction of sp³-hybridized carbons (Fsp3) is 0.263. The van der Waals surface area contributed by atoms with Crippen LogP contribution in [0.3, 0.4) is 0 Å². The highest BCUT2D eigenvalue weighted by Gasteiger charge is 2.22. The van der Waals surface area contributed by atoms with E-state index in [2.05, 4.69) is 41.3 Å². The Bertz CT molecular complexity index is 1040. The van der Waals surface area contributed by atoms with Gasteiger partial charge in [-0.05, 0) is 47.1 Å². The molecule has 0 bridgehead atoms. The largest absolute Gasteiger partial charge is 0.341 e. The van der Waals surface area contributed by atoms with E-state index in [0.29, 0.717) is 33.3 Å². The van der Waals surface area contributed by atoms with E-state index in [-0.39, 0.29) is 11.8 Å². The lowest BCUT2D eigenvalue weighted by molar-refractivity contribution is 0.0932. The molecule has 1 amide bonds. The molecule has 3 heterocycles. The van der Waals surface area contributed by atoms with E-state index in [1.165, 1.54) is 6.20 Å². The number of nitrogens with one attached hydrogen (secondary N) is 1. The predicted octanol–water partition coefficient (Wildman–Crippen LogP) is 3.31. The van der Waals surface area contributed by atoms with E-state index in [9.17, 15) is 4.79 Å². The third-order valence-electron chi connectivity index (χ3n) is 3.94. The third-order valence-corrected chi connectivity index (χ3v) is 4.38. The predicted molar refractivity (Wildman–Crippen MR) is 106 cm³/mol. The maximum absolute atomic E-state index is 12.5. The minimum absolute atomic E-state index is 0.105. The van der Waals surface area contributed by atoms with Crippen molar-refractivity contribution in [2.75, 3.05) is 0 Å². The molecule has 0 aromatic carbocycles. The number of hydrogen-bond acceptors (Lipinski definition) is 6. The summed E-state index contributed by atoms with van der Waals surface area (Å²) in [5.41, 5.74) is 0.754. The SMILES string of the molecule is CC(C)c1nc([C@H](C)NC(=O)c2cccc(Br)n2)n(-c2ccc(C#N)cn2)n1. The van der Waals surface area contributed by atoms with Gasteiger partial charge < -0.3 is 5.32 Å². The van der Waals surface area contributed by atoms with E-state index >= 15 is 0 Å². The molecule has 0 saturated heterocycles. The van der Waals surface area contributed by atoms with E-state index in [1.807, 2.05) is 26.8 Å². The normalized spacial score (nSPS) is 11.9. The number of nitriles is 1. The van der Waals surface area contributed by atoms with Gasteiger partial charge in [-0.3, -0.25) is 4.79 Å². The topological polar surface area (TPSA) is 109 Å². The molecular formula is C19H18BrN7O. The lowest BCUT2D eigenvalue weighted by atomic mass is 10.2. The van der Waals surface area contributed by atoms with Gasteiger partial charge >= 0.3 is 0 Å². The van der Waals surface area contributed by atoms with Crippen molar-refractivity contribution in [1.29, 1.82) is 5.26 Å². The van der Waals surface area contributed by atoms with Gasteiger partial charge in [-0.25, -0.2) is 15.0 Å². The molecule has 0 fully saturated rings. The minimum atomic E-state index is -0.439. The van der Waals surface area contributed by atoms with Gasteiger partial charge in [-0.1, -0.05) is 19.9 Å². The van der Waals surface area contributed by atoms with Crippen LogP contribution >= 0.6 is 15.9 Å². The highest BCUT2D eigenvalue weighted by Crippen LogP contribution is 2.19. The molecule has 0 aliphatic carbocycles. The van der Waals surface area contributed by atoms with Crippen molar-refractivity contribution in [3.05, 3.63) is 64.0 Å². The summed E-state index contributed by atoms with van der Waals surface area (Å²) in [6.45, 7) is 5.80. The minimum Gasteiger partial charge on any atom is -0.341 e. The van der Waals surface area contributed by atoms with Crippen molar-refractivity contribution in [3.8, 4) is 11.9 Å². The number of aromatic nitrogens is 5. The summed E-state index contributed by atoms with van der Waals surface area (Å²) in [5, 5.41) is 16.4. The monoisotopic (exact) mass is 439 g/mol. The van der Waals surface area contributed by atoms with Crippen LogP contribution in [0.2, 0.25) is 0 Å². The zero-order valence-corrected chi connectivity index (χ0v) is 17.2. The number of hydrogen-bond donors (Lipinski definition) is 1. The summed E-state index contributed by atoms with van der Waals surface area (Å²) < 4.78 is 2.18. The zero-order chi connectivity index (χ0) is 20.3. The first-order valence-corrected chi connectivity index (χ1v) is 9.45. The van der Waals surface area contributed by atoms with Crippen molar-refractivity contribution in [2.45, 2.75) is 32.7 Å². The maximum Gasteiger partial charge on any atom is 0.270 e. The average molecular weight is 440 g/mol. The smallest absolute Gasteiger partial charge is 0.270 e. The molecule has 3 aromatic rings. The summed E-state index contributed by atoms with van der Waals surface area (Å²) in [5.74, 6) is 1.50. The van der Waals surface area contributed by atoms with E-state index < -0.39 is 6.04 Å². The van der Waals surface area contributed by atoms with Crippen molar-refractivity contribution < 1.29 is 4.79 Å². The Labute approximate surface area is 170 Å². The van der Waals surface area contributed by atoms with Crippen LogP contribution in [0.25, 0.3) is 5.82 Å². The molecule has 8 nitrogen and oxygen atoms in total. The highest BCUT2D eigenvalue weighted by molar-refractivity contribution is 9.10. The average Bonchev–Trinajstić information content (AvgIpc) is 3.14. The summed E-state index contributed by atoms with van der Waals surface area (Å²) in [4.78, 5) is 25.6. The molecule has 0 aliphatic rings. The maximum atomic E-state index is 12.5. The standard InChI is InChI=1S/C19H18BrN7O/c1-11(2)17-25-18(27(26-17)16-8-7-13(9-21)10-22-16)12(3)23-19(28)14-5-4-6-15(20)24-14/h4-8,10-12H,1-3H3,(H,23,28)/t12-/m0/s1. The fourth-order valence-corrected chi connectivity index (χ4v) is 2.83. The van der Waals surface area contributed by atoms with E-state index in [4.69, 9.17) is 5.26 Å². The van der Waals surface area contributed by atoms with Crippen LogP contribution < -0.4 is 5.32 Å². The van der Waals surface area contributed by atoms with Crippen molar-refractivity contribution in [3.63, 3.8) is 0 Å². The molecule has 0 unspecified atom stereocenters. The Hall–Kier alpha value is -3.12. The quantitative estimate of drug-likeness (QED) is 0.610. The van der Waals surface area contributed by atoms with E-state index in [1.54, 1.807) is 35.0 Å². The first kappa shape index (κ1) is 19.6. The molecule has 0 spiro atoms. The number of amides is 1. The highest BCUT2D eigenvalue weighted by atomic mass is 79.9. The van der Waals surface area contributed by atoms with Gasteiger partial charge in [0.15, 0.2) is 17.5 Å². The van der Waals surface area contributed by atoms with Crippen LogP contribution in [0.4, 0.5) is 0 Å². The van der Waals surface area contributed by atoms with Crippen LogP contribution in [0, 0.1) is 11.3 Å². The van der Waals surface area contributed by atoms with E-state index in [0.717, 1.165) is 0 Å². The van der Waals surface area contributed by atoms with Gasteiger partial charge in [-0.2, -0.15) is 9.94 Å². The van der Waals surface area contributed by atoms with Crippen LogP contribution in [-0.4, -0.2) is 30.6 Å². The third kappa shape index (κ3) is 4.23. The number of rotatable bonds is 5. The summed E-state index contributed by atoms with van der Waals surface area (Å²) in [6.07, 6.45) is 1.48. The lowest BCUT2D eigenvalue weighted by Gasteiger charge is -2.14. The van der Waals surface area contributed by atoms with Gasteiger partial charge in [0.05, 0.1) is 11.6 Å². The Morgan fingerprint density at radius 1 is 1.21 bits per heavy atom. The molecule has 9 heteroatoms.